The first-order valence-electron chi connectivity index (χ1n) is 10.6. The fourth-order valence-corrected chi connectivity index (χ4v) is 7.26. The third-order valence-corrected chi connectivity index (χ3v) is 8.58. The van der Waals surface area contributed by atoms with Crippen LogP contribution in [0.2, 0.25) is 0 Å². The van der Waals surface area contributed by atoms with Gasteiger partial charge in [-0.1, -0.05) is 37.1 Å². The molecular weight excluding hydrogens is 324 g/mol. The molecule has 6 atom stereocenters. The van der Waals surface area contributed by atoms with Crippen LogP contribution < -0.4 is 0 Å². The summed E-state index contributed by atoms with van der Waals surface area (Å²) in [6, 6.07) is 0. The third kappa shape index (κ3) is 2.69. The lowest BCUT2D eigenvalue weighted by molar-refractivity contribution is -0.148. The highest BCUT2D eigenvalue weighted by Crippen LogP contribution is 2.66. The van der Waals surface area contributed by atoms with Crippen LogP contribution in [0.5, 0.6) is 0 Å². The Kier molecular flexibility index (Phi) is 4.58. The summed E-state index contributed by atoms with van der Waals surface area (Å²) < 4.78 is 5.54. The van der Waals surface area contributed by atoms with Gasteiger partial charge in [0, 0.05) is 13.3 Å². The molecule has 0 aliphatic heterocycles. The average Bonchev–Trinajstić information content (AvgIpc) is 2.92. The molecule has 0 aromatic heterocycles. The SMILES string of the molecule is CC(=O)O[C@@H]1CC[C@@]2(C)C(=CC[C@H]3[C@H]2CC[C@]2(C)/C(=C/CO)CC[C@H]32)C1. The number of esters is 1. The smallest absolute Gasteiger partial charge is 0.302 e. The van der Waals surface area contributed by atoms with Crippen LogP contribution in [0.3, 0.4) is 0 Å². The summed E-state index contributed by atoms with van der Waals surface area (Å²) in [6.45, 7) is 6.66. The van der Waals surface area contributed by atoms with Crippen molar-refractivity contribution in [3.63, 3.8) is 0 Å². The van der Waals surface area contributed by atoms with Gasteiger partial charge in [0.15, 0.2) is 0 Å². The van der Waals surface area contributed by atoms with E-state index < -0.39 is 0 Å². The van der Waals surface area contributed by atoms with Crippen LogP contribution in [0.4, 0.5) is 0 Å². The molecule has 0 amide bonds. The van der Waals surface area contributed by atoms with Gasteiger partial charge in [0.25, 0.3) is 0 Å². The molecule has 4 aliphatic carbocycles. The maximum Gasteiger partial charge on any atom is 0.302 e. The lowest BCUT2D eigenvalue weighted by Gasteiger charge is -2.57. The molecule has 0 bridgehead atoms. The van der Waals surface area contributed by atoms with E-state index in [1.54, 1.807) is 5.57 Å². The van der Waals surface area contributed by atoms with E-state index in [1.807, 2.05) is 0 Å². The number of carbonyl (C=O) groups is 1. The molecule has 3 fully saturated rings. The Balaban J connectivity index is 1.59. The Hall–Kier alpha value is -1.09. The van der Waals surface area contributed by atoms with Gasteiger partial charge in [0.2, 0.25) is 0 Å². The van der Waals surface area contributed by atoms with Crippen molar-refractivity contribution in [2.45, 2.75) is 78.2 Å². The molecule has 0 aromatic rings. The zero-order valence-electron chi connectivity index (χ0n) is 16.6. The van der Waals surface area contributed by atoms with E-state index in [0.717, 1.165) is 37.0 Å². The normalized spacial score (nSPS) is 46.2. The second kappa shape index (κ2) is 6.51. The summed E-state index contributed by atoms with van der Waals surface area (Å²) in [5.41, 5.74) is 3.68. The zero-order chi connectivity index (χ0) is 18.5. The van der Waals surface area contributed by atoms with E-state index in [9.17, 15) is 9.90 Å². The Bertz CT molecular complexity index is 648. The topological polar surface area (TPSA) is 46.5 Å². The summed E-state index contributed by atoms with van der Waals surface area (Å²) >= 11 is 0. The fourth-order valence-electron chi connectivity index (χ4n) is 7.26. The number of aliphatic hydroxyl groups is 1. The van der Waals surface area contributed by atoms with Crippen LogP contribution in [0.1, 0.15) is 72.1 Å². The van der Waals surface area contributed by atoms with Crippen LogP contribution in [-0.2, 0) is 9.53 Å². The summed E-state index contributed by atoms with van der Waals surface area (Å²) in [4.78, 5) is 11.4. The number of carbonyl (C=O) groups excluding carboxylic acids is 1. The van der Waals surface area contributed by atoms with Crippen molar-refractivity contribution < 1.29 is 14.6 Å². The zero-order valence-corrected chi connectivity index (χ0v) is 16.6. The van der Waals surface area contributed by atoms with E-state index in [2.05, 4.69) is 26.0 Å². The van der Waals surface area contributed by atoms with Crippen molar-refractivity contribution in [1.82, 2.24) is 0 Å². The number of hydrogen-bond donors (Lipinski definition) is 1. The first kappa shape index (κ1) is 18.3. The Morgan fingerprint density at radius 2 is 1.96 bits per heavy atom. The van der Waals surface area contributed by atoms with Gasteiger partial charge in [-0.25, -0.2) is 0 Å². The quantitative estimate of drug-likeness (QED) is 0.570. The van der Waals surface area contributed by atoms with Gasteiger partial charge in [0.1, 0.15) is 6.10 Å². The molecule has 3 heteroatoms. The van der Waals surface area contributed by atoms with Gasteiger partial charge < -0.3 is 9.84 Å². The minimum atomic E-state index is -0.143. The predicted molar refractivity (Wildman–Crippen MR) is 102 cm³/mol. The minimum absolute atomic E-state index is 0.0859. The van der Waals surface area contributed by atoms with Crippen molar-refractivity contribution in [2.24, 2.45) is 28.6 Å². The highest BCUT2D eigenvalue weighted by Gasteiger charge is 2.57. The molecule has 0 spiro atoms. The molecule has 144 valence electrons. The molecule has 26 heavy (non-hydrogen) atoms. The number of ether oxygens (including phenoxy) is 1. The monoisotopic (exact) mass is 358 g/mol. The summed E-state index contributed by atoms with van der Waals surface area (Å²) in [5.74, 6) is 2.17. The van der Waals surface area contributed by atoms with Gasteiger partial charge in [-0.15, -0.1) is 0 Å². The summed E-state index contributed by atoms with van der Waals surface area (Å²) in [6.07, 6.45) is 14.0. The molecule has 0 aromatic carbocycles. The summed E-state index contributed by atoms with van der Waals surface area (Å²) in [5, 5.41) is 9.42. The Morgan fingerprint density at radius 1 is 1.23 bits per heavy atom. The van der Waals surface area contributed by atoms with Crippen LogP contribution in [0.25, 0.3) is 0 Å². The molecule has 0 unspecified atom stereocenters. The highest BCUT2D eigenvalue weighted by molar-refractivity contribution is 5.66. The van der Waals surface area contributed by atoms with E-state index in [1.165, 1.54) is 44.6 Å². The van der Waals surface area contributed by atoms with Crippen molar-refractivity contribution in [1.29, 1.82) is 0 Å². The number of aliphatic hydroxyl groups excluding tert-OH is 1. The lowest BCUT2D eigenvalue weighted by Crippen LogP contribution is -2.49. The average molecular weight is 359 g/mol. The molecule has 4 rings (SSSR count). The van der Waals surface area contributed by atoms with Crippen LogP contribution in [0.15, 0.2) is 23.3 Å². The maximum absolute atomic E-state index is 11.4. The minimum Gasteiger partial charge on any atom is -0.462 e. The highest BCUT2D eigenvalue weighted by atomic mass is 16.5. The predicted octanol–water partition coefficient (Wildman–Crippen LogP) is 4.80. The first-order chi connectivity index (χ1) is 12.4. The number of allylic oxidation sites excluding steroid dienone is 2. The third-order valence-electron chi connectivity index (χ3n) is 8.58. The van der Waals surface area contributed by atoms with Crippen molar-refractivity contribution >= 4 is 5.97 Å². The molecular formula is C23H34O3. The van der Waals surface area contributed by atoms with E-state index >= 15 is 0 Å². The van der Waals surface area contributed by atoms with E-state index in [-0.39, 0.29) is 18.7 Å². The van der Waals surface area contributed by atoms with Crippen LogP contribution in [0, 0.1) is 28.6 Å². The second-order valence-electron chi connectivity index (χ2n) is 9.64. The standard InChI is InChI=1S/C23H34O3/c1-15(25)26-18-8-11-23(3)17(14-18)4-6-19-20-7-5-16(10-13-24)22(20,2)12-9-21(19)23/h4,10,18-21,24H,5-9,11-14H2,1-3H3/b16-10+/t18-,19-,20-,21-,22-,23+/m1/s1. The largest absolute Gasteiger partial charge is 0.462 e. The fraction of sp³-hybridized carbons (Fsp3) is 0.783. The van der Waals surface area contributed by atoms with E-state index in [0.29, 0.717) is 10.8 Å². The molecule has 0 saturated heterocycles. The Labute approximate surface area is 157 Å². The molecule has 3 nitrogen and oxygen atoms in total. The van der Waals surface area contributed by atoms with E-state index in [4.69, 9.17) is 4.74 Å². The molecule has 3 saturated carbocycles. The molecule has 1 N–H and O–H groups in total. The van der Waals surface area contributed by atoms with Gasteiger partial charge in [-0.2, -0.15) is 0 Å². The Morgan fingerprint density at radius 3 is 2.69 bits per heavy atom. The van der Waals surface area contributed by atoms with Crippen molar-refractivity contribution in [2.75, 3.05) is 6.61 Å². The molecule has 4 aliphatic rings. The lowest BCUT2D eigenvalue weighted by atomic mass is 9.48. The number of hydrogen-bond acceptors (Lipinski definition) is 3. The van der Waals surface area contributed by atoms with Crippen molar-refractivity contribution in [3.05, 3.63) is 23.3 Å². The maximum atomic E-state index is 11.4. The van der Waals surface area contributed by atoms with Gasteiger partial charge in [0.05, 0.1) is 6.61 Å². The number of rotatable bonds is 2. The molecule has 0 radical (unpaired) electrons. The number of fused-ring (bicyclic) bond motifs is 5. The second-order valence-corrected chi connectivity index (χ2v) is 9.64. The summed E-state index contributed by atoms with van der Waals surface area (Å²) in [7, 11) is 0. The van der Waals surface area contributed by atoms with Crippen LogP contribution >= 0.6 is 0 Å². The first-order valence-corrected chi connectivity index (χ1v) is 10.6. The van der Waals surface area contributed by atoms with Crippen LogP contribution in [-0.4, -0.2) is 23.8 Å². The molecule has 0 heterocycles. The van der Waals surface area contributed by atoms with Gasteiger partial charge in [-0.05, 0) is 73.5 Å². The van der Waals surface area contributed by atoms with Gasteiger partial charge in [-0.3, -0.25) is 4.79 Å². The van der Waals surface area contributed by atoms with Gasteiger partial charge >= 0.3 is 5.97 Å². The van der Waals surface area contributed by atoms with Crippen molar-refractivity contribution in [3.8, 4) is 0 Å².